The van der Waals surface area contributed by atoms with E-state index in [0.29, 0.717) is 17.9 Å². The zero-order valence-electron chi connectivity index (χ0n) is 11.5. The summed E-state index contributed by atoms with van der Waals surface area (Å²) < 4.78 is 0. The molecule has 4 rings (SSSR count). The normalized spacial score (nSPS) is 47.2. The van der Waals surface area contributed by atoms with Gasteiger partial charge in [-0.2, -0.15) is 0 Å². The van der Waals surface area contributed by atoms with Gasteiger partial charge in [0, 0.05) is 11.6 Å². The predicted octanol–water partition coefficient (Wildman–Crippen LogP) is 2.80. The molecule has 4 aliphatic carbocycles. The van der Waals surface area contributed by atoms with Crippen molar-refractivity contribution < 1.29 is 9.90 Å². The monoisotopic (exact) mass is 251 g/mol. The molecule has 4 aliphatic rings. The summed E-state index contributed by atoms with van der Waals surface area (Å²) in [5.74, 6) is 0.768. The lowest BCUT2D eigenvalue weighted by atomic mass is 9.46. The molecule has 3 atom stereocenters. The molecule has 0 saturated heterocycles. The first-order chi connectivity index (χ1) is 8.47. The van der Waals surface area contributed by atoms with Gasteiger partial charge in [-0.15, -0.1) is 0 Å². The summed E-state index contributed by atoms with van der Waals surface area (Å²) in [4.78, 5) is 11.7. The van der Waals surface area contributed by atoms with Gasteiger partial charge in [0.2, 0.25) is 0 Å². The van der Waals surface area contributed by atoms with Crippen molar-refractivity contribution in [2.75, 3.05) is 0 Å². The van der Waals surface area contributed by atoms with E-state index in [2.05, 4.69) is 19.2 Å². The van der Waals surface area contributed by atoms with Crippen LogP contribution in [0.25, 0.3) is 0 Å². The fourth-order valence-corrected chi connectivity index (χ4v) is 5.31. The maximum Gasteiger partial charge on any atom is 0.309 e. The molecule has 0 amide bonds. The van der Waals surface area contributed by atoms with Crippen molar-refractivity contribution >= 4 is 5.97 Å². The van der Waals surface area contributed by atoms with Gasteiger partial charge < -0.3 is 10.4 Å². The van der Waals surface area contributed by atoms with Gasteiger partial charge in [0.15, 0.2) is 0 Å². The van der Waals surface area contributed by atoms with Crippen molar-refractivity contribution in [3.05, 3.63) is 0 Å². The minimum atomic E-state index is -0.535. The molecule has 0 aliphatic heterocycles. The fraction of sp³-hybridized carbons (Fsp3) is 0.933. The number of carboxylic acid groups (broad SMARTS) is 1. The van der Waals surface area contributed by atoms with E-state index in [1.807, 2.05) is 0 Å². The first kappa shape index (κ1) is 12.5. The highest BCUT2D eigenvalue weighted by molar-refractivity contribution is 5.75. The Balaban J connectivity index is 1.87. The summed E-state index contributed by atoms with van der Waals surface area (Å²) in [6.45, 7) is 4.43. The summed E-state index contributed by atoms with van der Waals surface area (Å²) in [5, 5.41) is 13.4. The van der Waals surface area contributed by atoms with Crippen LogP contribution >= 0.6 is 0 Å². The lowest BCUT2D eigenvalue weighted by Gasteiger charge is -2.61. The number of aliphatic carboxylic acids is 1. The van der Waals surface area contributed by atoms with Crippen LogP contribution < -0.4 is 5.32 Å². The van der Waals surface area contributed by atoms with Crippen molar-refractivity contribution in [3.8, 4) is 0 Å². The lowest BCUT2D eigenvalue weighted by Crippen LogP contribution is -2.65. The molecule has 4 fully saturated rings. The standard InChI is InChI=1S/C15H25NO2/c1-3-10(2)16-15-7-11-4-12(8-15)6-14(5-11,9-15)13(17)18/h10-12,16H,3-9H2,1-2H3,(H,17,18). The molecule has 0 radical (unpaired) electrons. The summed E-state index contributed by atoms with van der Waals surface area (Å²) in [6, 6.07) is 0.507. The number of nitrogens with one attached hydrogen (secondary N) is 1. The minimum Gasteiger partial charge on any atom is -0.481 e. The fourth-order valence-electron chi connectivity index (χ4n) is 5.31. The second-order valence-electron chi connectivity index (χ2n) is 7.28. The lowest BCUT2D eigenvalue weighted by molar-refractivity contribution is -0.168. The van der Waals surface area contributed by atoms with E-state index in [-0.39, 0.29) is 5.54 Å². The zero-order chi connectivity index (χ0) is 13.0. The third-order valence-corrected chi connectivity index (χ3v) is 5.68. The van der Waals surface area contributed by atoms with Crippen LogP contribution in [0.4, 0.5) is 0 Å². The Kier molecular flexibility index (Phi) is 2.74. The molecule has 0 aromatic heterocycles. The number of carboxylic acids is 1. The third kappa shape index (κ3) is 1.78. The molecule has 3 heteroatoms. The van der Waals surface area contributed by atoms with Crippen LogP contribution in [0.15, 0.2) is 0 Å². The van der Waals surface area contributed by atoms with Gasteiger partial charge in [-0.25, -0.2) is 0 Å². The Hall–Kier alpha value is -0.570. The van der Waals surface area contributed by atoms with Crippen LogP contribution in [-0.2, 0) is 4.79 Å². The van der Waals surface area contributed by atoms with Crippen LogP contribution in [-0.4, -0.2) is 22.7 Å². The number of carbonyl (C=O) groups is 1. The average molecular weight is 251 g/mol. The van der Waals surface area contributed by atoms with Crippen molar-refractivity contribution in [1.29, 1.82) is 0 Å². The van der Waals surface area contributed by atoms with Crippen LogP contribution in [0.5, 0.6) is 0 Å². The van der Waals surface area contributed by atoms with Crippen molar-refractivity contribution in [2.45, 2.75) is 70.4 Å². The molecule has 4 bridgehead atoms. The first-order valence-electron chi connectivity index (χ1n) is 7.48. The molecule has 3 unspecified atom stereocenters. The SMILES string of the molecule is CCC(C)NC12CC3CC(C1)CC(C(=O)O)(C3)C2. The zero-order valence-corrected chi connectivity index (χ0v) is 11.5. The molecular weight excluding hydrogens is 226 g/mol. The number of rotatable bonds is 4. The topological polar surface area (TPSA) is 49.3 Å². The second-order valence-corrected chi connectivity index (χ2v) is 7.28. The second kappa shape index (κ2) is 3.96. The molecule has 18 heavy (non-hydrogen) atoms. The molecule has 0 spiro atoms. The minimum absolute atomic E-state index is 0.137. The summed E-state index contributed by atoms with van der Waals surface area (Å²) in [7, 11) is 0. The van der Waals surface area contributed by atoms with E-state index in [0.717, 1.165) is 25.7 Å². The van der Waals surface area contributed by atoms with Gasteiger partial charge in [0.1, 0.15) is 0 Å². The average Bonchev–Trinajstić information content (AvgIpc) is 2.26. The van der Waals surface area contributed by atoms with E-state index >= 15 is 0 Å². The number of hydrogen-bond acceptors (Lipinski definition) is 2. The molecule has 0 heterocycles. The smallest absolute Gasteiger partial charge is 0.309 e. The van der Waals surface area contributed by atoms with E-state index in [4.69, 9.17) is 0 Å². The van der Waals surface area contributed by atoms with Crippen molar-refractivity contribution in [1.82, 2.24) is 5.32 Å². The van der Waals surface area contributed by atoms with Gasteiger partial charge in [0.25, 0.3) is 0 Å². The summed E-state index contributed by atoms with van der Waals surface area (Å²) in [5.41, 5.74) is -0.261. The van der Waals surface area contributed by atoms with E-state index in [1.54, 1.807) is 0 Å². The molecule has 4 saturated carbocycles. The van der Waals surface area contributed by atoms with Gasteiger partial charge in [-0.05, 0) is 63.7 Å². The van der Waals surface area contributed by atoms with Gasteiger partial charge in [0.05, 0.1) is 5.41 Å². The van der Waals surface area contributed by atoms with Crippen LogP contribution in [0.3, 0.4) is 0 Å². The highest BCUT2D eigenvalue weighted by Gasteiger charge is 2.60. The van der Waals surface area contributed by atoms with E-state index < -0.39 is 11.4 Å². The Labute approximate surface area is 109 Å². The largest absolute Gasteiger partial charge is 0.481 e. The quantitative estimate of drug-likeness (QED) is 0.807. The molecule has 2 N–H and O–H groups in total. The maximum absolute atomic E-state index is 11.7. The number of hydrogen-bond donors (Lipinski definition) is 2. The van der Waals surface area contributed by atoms with E-state index in [1.165, 1.54) is 19.3 Å². The molecule has 0 aromatic rings. The Bertz CT molecular complexity index is 352. The maximum atomic E-state index is 11.7. The Morgan fingerprint density at radius 1 is 1.33 bits per heavy atom. The van der Waals surface area contributed by atoms with Gasteiger partial charge in [-0.1, -0.05) is 6.92 Å². The Morgan fingerprint density at radius 2 is 1.94 bits per heavy atom. The Morgan fingerprint density at radius 3 is 2.44 bits per heavy atom. The van der Waals surface area contributed by atoms with Gasteiger partial charge >= 0.3 is 5.97 Å². The molecule has 102 valence electrons. The highest BCUT2D eigenvalue weighted by atomic mass is 16.4. The highest BCUT2D eigenvalue weighted by Crippen LogP contribution is 2.61. The summed E-state index contributed by atoms with van der Waals surface area (Å²) >= 11 is 0. The van der Waals surface area contributed by atoms with Crippen molar-refractivity contribution in [2.24, 2.45) is 17.3 Å². The first-order valence-corrected chi connectivity index (χ1v) is 7.48. The van der Waals surface area contributed by atoms with Crippen LogP contribution in [0.2, 0.25) is 0 Å². The van der Waals surface area contributed by atoms with Crippen molar-refractivity contribution in [3.63, 3.8) is 0 Å². The predicted molar refractivity (Wildman–Crippen MR) is 70.4 cm³/mol. The van der Waals surface area contributed by atoms with Crippen LogP contribution in [0, 0.1) is 17.3 Å². The van der Waals surface area contributed by atoms with Gasteiger partial charge in [-0.3, -0.25) is 4.79 Å². The molecular formula is C15H25NO2. The molecule has 0 aromatic carbocycles. The molecule has 3 nitrogen and oxygen atoms in total. The third-order valence-electron chi connectivity index (χ3n) is 5.68. The van der Waals surface area contributed by atoms with Crippen LogP contribution in [0.1, 0.15) is 58.8 Å². The summed E-state index contributed by atoms with van der Waals surface area (Å²) in [6.07, 6.45) is 7.56. The van der Waals surface area contributed by atoms with E-state index in [9.17, 15) is 9.90 Å².